The first-order valence-electron chi connectivity index (χ1n) is 6.25. The van der Waals surface area contributed by atoms with Crippen LogP contribution in [0.1, 0.15) is 24.5 Å². The van der Waals surface area contributed by atoms with Gasteiger partial charge < -0.3 is 15.2 Å². The molecular weight excluding hydrogens is 294 g/mol. The third kappa shape index (κ3) is 2.70. The van der Waals surface area contributed by atoms with Gasteiger partial charge in [0.05, 0.1) is 17.7 Å². The summed E-state index contributed by atoms with van der Waals surface area (Å²) in [6.07, 6.45) is 5.81. The fraction of sp³-hybridized carbons (Fsp3) is 0.429. The summed E-state index contributed by atoms with van der Waals surface area (Å²) < 4.78 is 12.6. The molecule has 1 aromatic carbocycles. The lowest BCUT2D eigenvalue weighted by Crippen LogP contribution is -2.00. The summed E-state index contributed by atoms with van der Waals surface area (Å²) in [7, 11) is 0. The predicted molar refractivity (Wildman–Crippen MR) is 77.2 cm³/mol. The summed E-state index contributed by atoms with van der Waals surface area (Å²) >= 11 is 3.55. The number of nitrogens with two attached hydrogens (primary N) is 1. The van der Waals surface area contributed by atoms with Crippen molar-refractivity contribution < 1.29 is 9.47 Å². The Kier molecular flexibility index (Phi) is 4.66. The average Bonchev–Trinajstić information content (AvgIpc) is 2.62. The summed E-state index contributed by atoms with van der Waals surface area (Å²) in [6, 6.07) is 2.07. The van der Waals surface area contributed by atoms with E-state index in [1.165, 1.54) is 5.56 Å². The van der Waals surface area contributed by atoms with Gasteiger partial charge in [-0.3, -0.25) is 0 Å². The SMILES string of the molecule is CCc1c(/C=C/CN)cc(Br)c2c1OCCCO2. The van der Waals surface area contributed by atoms with Crippen LogP contribution in [0.15, 0.2) is 16.6 Å². The third-order valence-corrected chi connectivity index (χ3v) is 3.49. The van der Waals surface area contributed by atoms with E-state index in [1.807, 2.05) is 12.2 Å². The van der Waals surface area contributed by atoms with Crippen molar-refractivity contribution in [1.29, 1.82) is 0 Å². The highest BCUT2D eigenvalue weighted by Crippen LogP contribution is 2.42. The number of ether oxygens (including phenoxy) is 2. The molecule has 0 aliphatic carbocycles. The van der Waals surface area contributed by atoms with Gasteiger partial charge in [-0.2, -0.15) is 0 Å². The molecule has 2 rings (SSSR count). The van der Waals surface area contributed by atoms with Crippen LogP contribution >= 0.6 is 15.9 Å². The third-order valence-electron chi connectivity index (χ3n) is 2.90. The number of halogens is 1. The zero-order valence-corrected chi connectivity index (χ0v) is 12.1. The molecule has 0 aromatic heterocycles. The maximum absolute atomic E-state index is 5.85. The maximum atomic E-state index is 5.85. The Morgan fingerprint density at radius 2 is 2.06 bits per heavy atom. The van der Waals surface area contributed by atoms with Crippen LogP contribution in [-0.2, 0) is 6.42 Å². The van der Waals surface area contributed by atoms with E-state index in [0.29, 0.717) is 19.8 Å². The standard InChI is InChI=1S/C14H18BrNO2/c1-2-11-10(5-3-6-16)9-12(15)14-13(11)17-7-4-8-18-14/h3,5,9H,2,4,6-8,16H2,1H3/b5-3+. The minimum Gasteiger partial charge on any atom is -0.489 e. The lowest BCUT2D eigenvalue weighted by atomic mass is 10.0. The quantitative estimate of drug-likeness (QED) is 0.932. The smallest absolute Gasteiger partial charge is 0.175 e. The molecule has 1 aromatic rings. The van der Waals surface area contributed by atoms with E-state index in [2.05, 4.69) is 28.9 Å². The molecule has 4 heteroatoms. The highest BCUT2D eigenvalue weighted by Gasteiger charge is 2.19. The van der Waals surface area contributed by atoms with Gasteiger partial charge in [-0.25, -0.2) is 0 Å². The van der Waals surface area contributed by atoms with Gasteiger partial charge in [0.2, 0.25) is 0 Å². The monoisotopic (exact) mass is 311 g/mol. The van der Waals surface area contributed by atoms with E-state index < -0.39 is 0 Å². The second-order valence-corrected chi connectivity index (χ2v) is 4.98. The average molecular weight is 312 g/mol. The van der Waals surface area contributed by atoms with Gasteiger partial charge in [0.15, 0.2) is 11.5 Å². The normalized spacial score (nSPS) is 14.8. The second kappa shape index (κ2) is 6.25. The second-order valence-electron chi connectivity index (χ2n) is 4.13. The Balaban J connectivity index is 2.53. The van der Waals surface area contributed by atoms with Crippen LogP contribution in [0.25, 0.3) is 6.08 Å². The lowest BCUT2D eigenvalue weighted by Gasteiger charge is -2.16. The number of hydrogen-bond donors (Lipinski definition) is 1. The summed E-state index contributed by atoms with van der Waals surface area (Å²) in [6.45, 7) is 4.07. The topological polar surface area (TPSA) is 44.5 Å². The van der Waals surface area contributed by atoms with Crippen LogP contribution in [0, 0.1) is 0 Å². The Bertz CT molecular complexity index is 458. The van der Waals surface area contributed by atoms with Gasteiger partial charge in [0.1, 0.15) is 0 Å². The van der Waals surface area contributed by atoms with E-state index in [9.17, 15) is 0 Å². The molecule has 0 bridgehead atoms. The molecule has 1 aliphatic heterocycles. The van der Waals surface area contributed by atoms with Gasteiger partial charge in [0.25, 0.3) is 0 Å². The lowest BCUT2D eigenvalue weighted by molar-refractivity contribution is 0.295. The summed E-state index contributed by atoms with van der Waals surface area (Å²) in [5, 5.41) is 0. The largest absolute Gasteiger partial charge is 0.489 e. The minimum absolute atomic E-state index is 0.537. The molecule has 0 saturated carbocycles. The van der Waals surface area contributed by atoms with E-state index >= 15 is 0 Å². The molecule has 0 spiro atoms. The summed E-state index contributed by atoms with van der Waals surface area (Å²) in [5.74, 6) is 1.70. The van der Waals surface area contributed by atoms with Gasteiger partial charge in [0, 0.05) is 18.5 Å². The van der Waals surface area contributed by atoms with Crippen molar-refractivity contribution in [2.24, 2.45) is 5.73 Å². The summed E-state index contributed by atoms with van der Waals surface area (Å²) in [4.78, 5) is 0. The first-order valence-corrected chi connectivity index (χ1v) is 7.04. The molecule has 0 radical (unpaired) electrons. The van der Waals surface area contributed by atoms with Gasteiger partial charge in [-0.15, -0.1) is 0 Å². The molecular formula is C14H18BrNO2. The Morgan fingerprint density at radius 1 is 1.33 bits per heavy atom. The van der Waals surface area contributed by atoms with Crippen molar-refractivity contribution in [1.82, 2.24) is 0 Å². The fourth-order valence-electron chi connectivity index (χ4n) is 2.07. The highest BCUT2D eigenvalue weighted by atomic mass is 79.9. The summed E-state index contributed by atoms with van der Waals surface area (Å²) in [5.41, 5.74) is 7.83. The molecule has 0 fully saturated rings. The number of hydrogen-bond acceptors (Lipinski definition) is 3. The van der Waals surface area contributed by atoms with E-state index in [4.69, 9.17) is 15.2 Å². The molecule has 0 atom stereocenters. The molecule has 18 heavy (non-hydrogen) atoms. The minimum atomic E-state index is 0.537. The number of rotatable bonds is 3. The highest BCUT2D eigenvalue weighted by molar-refractivity contribution is 9.10. The molecule has 2 N–H and O–H groups in total. The van der Waals surface area contributed by atoms with Crippen molar-refractivity contribution in [2.75, 3.05) is 19.8 Å². The molecule has 98 valence electrons. The first kappa shape index (κ1) is 13.4. The first-order chi connectivity index (χ1) is 8.77. The Morgan fingerprint density at radius 3 is 2.72 bits per heavy atom. The molecule has 0 unspecified atom stereocenters. The van der Waals surface area contributed by atoms with Crippen LogP contribution < -0.4 is 15.2 Å². The van der Waals surface area contributed by atoms with Gasteiger partial charge in [-0.1, -0.05) is 19.1 Å². The van der Waals surface area contributed by atoms with Crippen molar-refractivity contribution in [3.8, 4) is 11.5 Å². The predicted octanol–water partition coefficient (Wildman–Crippen LogP) is 3.14. The molecule has 0 amide bonds. The van der Waals surface area contributed by atoms with Gasteiger partial charge in [-0.05, 0) is 34.0 Å². The zero-order chi connectivity index (χ0) is 13.0. The van der Waals surface area contributed by atoms with E-state index in [1.54, 1.807) is 0 Å². The van der Waals surface area contributed by atoms with E-state index in [-0.39, 0.29) is 0 Å². The van der Waals surface area contributed by atoms with Crippen LogP contribution in [0.3, 0.4) is 0 Å². The van der Waals surface area contributed by atoms with Crippen LogP contribution in [0.2, 0.25) is 0 Å². The molecule has 1 heterocycles. The van der Waals surface area contributed by atoms with Crippen LogP contribution in [0.4, 0.5) is 0 Å². The van der Waals surface area contributed by atoms with Crippen molar-refractivity contribution in [2.45, 2.75) is 19.8 Å². The van der Waals surface area contributed by atoms with Crippen molar-refractivity contribution >= 4 is 22.0 Å². The zero-order valence-electron chi connectivity index (χ0n) is 10.5. The Labute approximate surface area is 116 Å². The van der Waals surface area contributed by atoms with Gasteiger partial charge >= 0.3 is 0 Å². The van der Waals surface area contributed by atoms with Crippen molar-refractivity contribution in [3.63, 3.8) is 0 Å². The van der Waals surface area contributed by atoms with Crippen LogP contribution in [-0.4, -0.2) is 19.8 Å². The van der Waals surface area contributed by atoms with Crippen molar-refractivity contribution in [3.05, 3.63) is 27.7 Å². The number of benzene rings is 1. The Hall–Kier alpha value is -1.00. The number of fused-ring (bicyclic) bond motifs is 1. The fourth-order valence-corrected chi connectivity index (χ4v) is 2.61. The maximum Gasteiger partial charge on any atom is 0.175 e. The van der Waals surface area contributed by atoms with E-state index in [0.717, 1.165) is 34.4 Å². The molecule has 3 nitrogen and oxygen atoms in total. The molecule has 1 aliphatic rings. The molecule has 0 saturated heterocycles. The van der Waals surface area contributed by atoms with Crippen LogP contribution in [0.5, 0.6) is 11.5 Å².